The van der Waals surface area contributed by atoms with Gasteiger partial charge in [0.05, 0.1) is 6.10 Å². The smallest absolute Gasteiger partial charge is 0.162 e. The lowest BCUT2D eigenvalue weighted by atomic mass is 10.1. The van der Waals surface area contributed by atoms with Crippen molar-refractivity contribution in [2.45, 2.75) is 38.7 Å². The number of likely N-dealkylation sites (N-methyl/N-ethyl adjacent to an activating group) is 1. The maximum Gasteiger partial charge on any atom is 0.162 e. The van der Waals surface area contributed by atoms with Gasteiger partial charge in [-0.3, -0.25) is 4.79 Å². The van der Waals surface area contributed by atoms with Gasteiger partial charge in [0.2, 0.25) is 0 Å². The molecule has 110 valence electrons. The Morgan fingerprint density at radius 3 is 2.80 bits per heavy atom. The Morgan fingerprint density at radius 1 is 1.35 bits per heavy atom. The van der Waals surface area contributed by atoms with Crippen LogP contribution in [0.3, 0.4) is 0 Å². The van der Waals surface area contributed by atoms with Crippen LogP contribution in [0.5, 0.6) is 0 Å². The number of carbonyl (C=O) groups excluding carboxylic acids is 1. The molecule has 1 fully saturated rings. The summed E-state index contributed by atoms with van der Waals surface area (Å²) in [6, 6.07) is 9.57. The van der Waals surface area contributed by atoms with Crippen LogP contribution in [0.25, 0.3) is 0 Å². The number of hydrogen-bond donors (Lipinski definition) is 0. The van der Waals surface area contributed by atoms with E-state index in [4.69, 9.17) is 4.74 Å². The topological polar surface area (TPSA) is 29.5 Å². The van der Waals surface area contributed by atoms with E-state index in [0.29, 0.717) is 12.5 Å². The number of hydrogen-bond acceptors (Lipinski definition) is 3. The molecule has 1 aliphatic heterocycles. The second-order valence-corrected chi connectivity index (χ2v) is 5.42. The Morgan fingerprint density at radius 2 is 2.15 bits per heavy atom. The Hall–Kier alpha value is -1.19. The van der Waals surface area contributed by atoms with E-state index < -0.39 is 0 Å². The number of benzene rings is 1. The molecular weight excluding hydrogens is 250 g/mol. The molecule has 3 nitrogen and oxygen atoms in total. The number of ether oxygens (including phenoxy) is 1. The number of nitrogens with zero attached hydrogens (tertiary/aromatic N) is 1. The maximum absolute atomic E-state index is 12.0. The van der Waals surface area contributed by atoms with Crippen molar-refractivity contribution in [3.63, 3.8) is 0 Å². The first-order valence-electron chi connectivity index (χ1n) is 7.72. The molecule has 0 radical (unpaired) electrons. The van der Waals surface area contributed by atoms with E-state index in [1.165, 1.54) is 12.8 Å². The number of carbonyl (C=O) groups is 1. The van der Waals surface area contributed by atoms with Crippen molar-refractivity contribution >= 4 is 5.78 Å². The van der Waals surface area contributed by atoms with Crippen LogP contribution in [0.15, 0.2) is 30.3 Å². The summed E-state index contributed by atoms with van der Waals surface area (Å²) in [5, 5.41) is 0. The SMILES string of the molecule is CCN(CCCC(=O)c1ccccc1)CC1CCCO1. The molecule has 0 bridgehead atoms. The van der Waals surface area contributed by atoms with Gasteiger partial charge in [-0.15, -0.1) is 0 Å². The van der Waals surface area contributed by atoms with E-state index >= 15 is 0 Å². The molecule has 0 amide bonds. The van der Waals surface area contributed by atoms with Crippen LogP contribution in [0, 0.1) is 0 Å². The van der Waals surface area contributed by atoms with Gasteiger partial charge in [0, 0.05) is 25.1 Å². The van der Waals surface area contributed by atoms with Crippen molar-refractivity contribution in [3.05, 3.63) is 35.9 Å². The molecule has 1 aromatic carbocycles. The Bertz CT molecular complexity index is 399. The molecule has 0 aromatic heterocycles. The van der Waals surface area contributed by atoms with E-state index in [2.05, 4.69) is 11.8 Å². The summed E-state index contributed by atoms with van der Waals surface area (Å²) in [6.07, 6.45) is 4.33. The molecule has 3 heteroatoms. The fourth-order valence-electron chi connectivity index (χ4n) is 2.69. The highest BCUT2D eigenvalue weighted by Crippen LogP contribution is 2.14. The fraction of sp³-hybridized carbons (Fsp3) is 0.588. The van der Waals surface area contributed by atoms with Crippen LogP contribution in [0.4, 0.5) is 0 Å². The van der Waals surface area contributed by atoms with Crippen molar-refractivity contribution in [2.24, 2.45) is 0 Å². The second-order valence-electron chi connectivity index (χ2n) is 5.42. The molecule has 1 aromatic rings. The van der Waals surface area contributed by atoms with Gasteiger partial charge in [0.25, 0.3) is 0 Å². The molecule has 1 aliphatic rings. The molecule has 1 atom stereocenters. The predicted molar refractivity (Wildman–Crippen MR) is 81.1 cm³/mol. The normalized spacial score (nSPS) is 18.6. The summed E-state index contributed by atoms with van der Waals surface area (Å²) >= 11 is 0. The molecular formula is C17H25NO2. The third kappa shape index (κ3) is 4.73. The van der Waals surface area contributed by atoms with Crippen LogP contribution in [-0.2, 0) is 4.74 Å². The Kier molecular flexibility index (Phi) is 6.22. The average Bonchev–Trinajstić information content (AvgIpc) is 3.00. The van der Waals surface area contributed by atoms with Gasteiger partial charge in [0.15, 0.2) is 5.78 Å². The summed E-state index contributed by atoms with van der Waals surface area (Å²) in [6.45, 7) is 6.10. The van der Waals surface area contributed by atoms with E-state index in [0.717, 1.165) is 38.2 Å². The Labute approximate surface area is 121 Å². The van der Waals surface area contributed by atoms with Gasteiger partial charge in [0.1, 0.15) is 0 Å². The lowest BCUT2D eigenvalue weighted by molar-refractivity contribution is 0.0737. The number of ketones is 1. The van der Waals surface area contributed by atoms with Gasteiger partial charge in [-0.05, 0) is 32.4 Å². The Balaban J connectivity index is 1.69. The molecule has 0 aliphatic carbocycles. The quantitative estimate of drug-likeness (QED) is 0.683. The lowest BCUT2D eigenvalue weighted by Gasteiger charge is -2.23. The van der Waals surface area contributed by atoms with Crippen LogP contribution >= 0.6 is 0 Å². The summed E-state index contributed by atoms with van der Waals surface area (Å²) in [5.41, 5.74) is 0.828. The van der Waals surface area contributed by atoms with Gasteiger partial charge in [-0.25, -0.2) is 0 Å². The van der Waals surface area contributed by atoms with Gasteiger partial charge >= 0.3 is 0 Å². The first-order chi connectivity index (χ1) is 9.79. The molecule has 1 saturated heterocycles. The van der Waals surface area contributed by atoms with E-state index in [1.807, 2.05) is 30.3 Å². The van der Waals surface area contributed by atoms with Crippen molar-refractivity contribution in [2.75, 3.05) is 26.2 Å². The van der Waals surface area contributed by atoms with Crippen LogP contribution < -0.4 is 0 Å². The third-order valence-corrected chi connectivity index (χ3v) is 3.91. The van der Waals surface area contributed by atoms with Gasteiger partial charge in [-0.1, -0.05) is 37.3 Å². The molecule has 1 heterocycles. The molecule has 0 spiro atoms. The highest BCUT2D eigenvalue weighted by atomic mass is 16.5. The van der Waals surface area contributed by atoms with E-state index in [1.54, 1.807) is 0 Å². The predicted octanol–water partition coefficient (Wildman–Crippen LogP) is 3.15. The maximum atomic E-state index is 12.0. The highest BCUT2D eigenvalue weighted by molar-refractivity contribution is 5.95. The standard InChI is InChI=1S/C17H25NO2/c1-2-18(14-16-10-7-13-20-16)12-6-11-17(19)15-8-4-3-5-9-15/h3-5,8-9,16H,2,6-7,10-14H2,1H3. The molecule has 0 saturated carbocycles. The van der Waals surface area contributed by atoms with Crippen molar-refractivity contribution in [1.82, 2.24) is 4.90 Å². The van der Waals surface area contributed by atoms with Crippen molar-refractivity contribution < 1.29 is 9.53 Å². The van der Waals surface area contributed by atoms with Crippen LogP contribution in [0.2, 0.25) is 0 Å². The molecule has 0 N–H and O–H groups in total. The van der Waals surface area contributed by atoms with Crippen molar-refractivity contribution in [3.8, 4) is 0 Å². The lowest BCUT2D eigenvalue weighted by Crippen LogP contribution is -2.33. The summed E-state index contributed by atoms with van der Waals surface area (Å²) in [5.74, 6) is 0.249. The summed E-state index contributed by atoms with van der Waals surface area (Å²) < 4.78 is 5.67. The summed E-state index contributed by atoms with van der Waals surface area (Å²) in [4.78, 5) is 14.4. The number of Topliss-reactive ketones (excluding diaryl/α,β-unsaturated/α-hetero) is 1. The largest absolute Gasteiger partial charge is 0.377 e. The monoisotopic (exact) mass is 275 g/mol. The first-order valence-corrected chi connectivity index (χ1v) is 7.72. The minimum Gasteiger partial charge on any atom is -0.377 e. The zero-order valence-corrected chi connectivity index (χ0v) is 12.4. The van der Waals surface area contributed by atoms with E-state index in [-0.39, 0.29) is 5.78 Å². The van der Waals surface area contributed by atoms with E-state index in [9.17, 15) is 4.79 Å². The third-order valence-electron chi connectivity index (χ3n) is 3.91. The zero-order valence-electron chi connectivity index (χ0n) is 12.4. The van der Waals surface area contributed by atoms with Crippen LogP contribution in [0.1, 0.15) is 43.0 Å². The first kappa shape index (κ1) is 15.2. The van der Waals surface area contributed by atoms with Crippen LogP contribution in [-0.4, -0.2) is 43.0 Å². The minimum absolute atomic E-state index is 0.249. The average molecular weight is 275 g/mol. The fourth-order valence-corrected chi connectivity index (χ4v) is 2.69. The highest BCUT2D eigenvalue weighted by Gasteiger charge is 2.18. The van der Waals surface area contributed by atoms with Crippen molar-refractivity contribution in [1.29, 1.82) is 0 Å². The number of rotatable bonds is 8. The minimum atomic E-state index is 0.249. The second kappa shape index (κ2) is 8.18. The molecule has 20 heavy (non-hydrogen) atoms. The molecule has 2 rings (SSSR count). The molecule has 1 unspecified atom stereocenters. The van der Waals surface area contributed by atoms with Gasteiger partial charge in [-0.2, -0.15) is 0 Å². The summed E-state index contributed by atoms with van der Waals surface area (Å²) in [7, 11) is 0. The van der Waals surface area contributed by atoms with Gasteiger partial charge < -0.3 is 9.64 Å². The zero-order chi connectivity index (χ0) is 14.2.